The first kappa shape index (κ1) is 13.5. The number of aromatic amines is 1. The zero-order valence-electron chi connectivity index (χ0n) is 11.0. The molecule has 0 aliphatic heterocycles. The molecule has 0 aliphatic carbocycles. The van der Waals surface area contributed by atoms with E-state index >= 15 is 0 Å². The fourth-order valence-corrected chi connectivity index (χ4v) is 1.96. The van der Waals surface area contributed by atoms with Crippen molar-refractivity contribution in [2.75, 3.05) is 0 Å². The van der Waals surface area contributed by atoms with E-state index in [-0.39, 0.29) is 0 Å². The van der Waals surface area contributed by atoms with Gasteiger partial charge in [-0.3, -0.25) is 4.52 Å². The van der Waals surface area contributed by atoms with Crippen LogP contribution in [-0.4, -0.2) is 5.27 Å². The summed E-state index contributed by atoms with van der Waals surface area (Å²) >= 11 is 5.83. The standard InChI is InChI=1S/C15H11ClN2O3/c16-12-3-1-11(2-4-12)10-20-14-7-5-13(6-8-14)18-9-15(19)21-17-18/h1-9H,10H2/p+1. The molecule has 0 unspecified atom stereocenters. The highest BCUT2D eigenvalue weighted by atomic mass is 35.5. The van der Waals surface area contributed by atoms with Crippen LogP contribution in [0.2, 0.25) is 5.02 Å². The number of halogens is 1. The Kier molecular flexibility index (Phi) is 3.75. The summed E-state index contributed by atoms with van der Waals surface area (Å²) < 4.78 is 11.8. The molecule has 0 atom stereocenters. The molecule has 0 aliphatic rings. The summed E-state index contributed by atoms with van der Waals surface area (Å²) in [4.78, 5) is 11.0. The number of nitrogens with one attached hydrogen (secondary N) is 1. The summed E-state index contributed by atoms with van der Waals surface area (Å²) in [6.07, 6.45) is 1.32. The van der Waals surface area contributed by atoms with Crippen LogP contribution in [0.25, 0.3) is 5.69 Å². The number of nitrogens with zero attached hydrogens (tertiary/aromatic N) is 1. The van der Waals surface area contributed by atoms with E-state index in [1.54, 1.807) is 0 Å². The van der Waals surface area contributed by atoms with Crippen molar-refractivity contribution >= 4 is 11.6 Å². The summed E-state index contributed by atoms with van der Waals surface area (Å²) in [5.41, 5.74) is 1.38. The lowest BCUT2D eigenvalue weighted by Crippen LogP contribution is -2.31. The van der Waals surface area contributed by atoms with Crippen LogP contribution < -0.4 is 15.0 Å². The second kappa shape index (κ2) is 5.85. The molecule has 0 radical (unpaired) electrons. The van der Waals surface area contributed by atoms with E-state index in [1.165, 1.54) is 10.9 Å². The molecule has 0 amide bonds. The van der Waals surface area contributed by atoms with E-state index in [9.17, 15) is 4.79 Å². The average Bonchev–Trinajstić information content (AvgIpc) is 2.94. The molecule has 0 fully saturated rings. The first-order valence-electron chi connectivity index (χ1n) is 6.28. The Morgan fingerprint density at radius 2 is 1.81 bits per heavy atom. The van der Waals surface area contributed by atoms with E-state index in [1.807, 2.05) is 48.5 Å². The Morgan fingerprint density at radius 3 is 2.43 bits per heavy atom. The summed E-state index contributed by atoms with van der Waals surface area (Å²) in [6.45, 7) is 0.464. The van der Waals surface area contributed by atoms with Crippen LogP contribution in [-0.2, 0) is 6.61 Å². The normalized spacial score (nSPS) is 10.5. The molecule has 5 nitrogen and oxygen atoms in total. The quantitative estimate of drug-likeness (QED) is 0.753. The van der Waals surface area contributed by atoms with E-state index in [0.717, 1.165) is 17.0 Å². The zero-order chi connectivity index (χ0) is 14.7. The molecule has 0 saturated carbocycles. The van der Waals surface area contributed by atoms with Crippen LogP contribution in [0.3, 0.4) is 0 Å². The highest BCUT2D eigenvalue weighted by Gasteiger charge is 2.10. The SMILES string of the molecule is O=c1c[n+](-c2ccc(OCc3ccc(Cl)cc3)cc2)[nH]o1. The van der Waals surface area contributed by atoms with Crippen molar-refractivity contribution in [3.63, 3.8) is 0 Å². The third-order valence-corrected chi connectivity index (χ3v) is 3.16. The third kappa shape index (κ3) is 3.32. The second-order valence-corrected chi connectivity index (χ2v) is 4.86. The van der Waals surface area contributed by atoms with Crippen molar-refractivity contribution < 1.29 is 13.9 Å². The molecule has 3 aromatic rings. The molecule has 1 aromatic heterocycles. The maximum atomic E-state index is 11.0. The Bertz CT molecular complexity index is 776. The molecular formula is C15H12ClN2O3+. The molecule has 1 heterocycles. The van der Waals surface area contributed by atoms with Crippen LogP contribution in [0.5, 0.6) is 5.75 Å². The van der Waals surface area contributed by atoms with Crippen LogP contribution in [0.4, 0.5) is 0 Å². The van der Waals surface area contributed by atoms with Crippen LogP contribution in [0, 0.1) is 0 Å². The molecular weight excluding hydrogens is 292 g/mol. The molecule has 1 N–H and O–H groups in total. The molecule has 3 rings (SSSR count). The molecule has 6 heteroatoms. The summed E-state index contributed by atoms with van der Waals surface area (Å²) in [5.74, 6) is 0.736. The Morgan fingerprint density at radius 1 is 1.10 bits per heavy atom. The Balaban J connectivity index is 1.67. The number of rotatable bonds is 4. The molecule has 0 bridgehead atoms. The van der Waals surface area contributed by atoms with Crippen molar-refractivity contribution in [3.8, 4) is 11.4 Å². The van der Waals surface area contributed by atoms with Crippen LogP contribution in [0.15, 0.2) is 64.0 Å². The highest BCUT2D eigenvalue weighted by molar-refractivity contribution is 6.30. The van der Waals surface area contributed by atoms with Crippen molar-refractivity contribution in [3.05, 3.63) is 75.7 Å². The van der Waals surface area contributed by atoms with Crippen molar-refractivity contribution in [1.29, 1.82) is 0 Å². The van der Waals surface area contributed by atoms with Crippen molar-refractivity contribution in [1.82, 2.24) is 5.27 Å². The van der Waals surface area contributed by atoms with Crippen LogP contribution in [0.1, 0.15) is 5.56 Å². The molecule has 2 aromatic carbocycles. The maximum absolute atomic E-state index is 11.0. The number of benzene rings is 2. The van der Waals surface area contributed by atoms with Crippen molar-refractivity contribution in [2.24, 2.45) is 0 Å². The van der Waals surface area contributed by atoms with Gasteiger partial charge >= 0.3 is 5.63 Å². The zero-order valence-corrected chi connectivity index (χ0v) is 11.7. The predicted molar refractivity (Wildman–Crippen MR) is 76.6 cm³/mol. The van der Waals surface area contributed by atoms with Gasteiger partial charge < -0.3 is 4.74 Å². The van der Waals surface area contributed by atoms with Gasteiger partial charge in [0.05, 0.1) is 0 Å². The van der Waals surface area contributed by atoms with Gasteiger partial charge in [0.1, 0.15) is 12.4 Å². The topological polar surface area (TPSA) is 59.1 Å². The lowest BCUT2D eigenvalue weighted by atomic mass is 10.2. The van der Waals surface area contributed by atoms with E-state index in [4.69, 9.17) is 16.3 Å². The van der Waals surface area contributed by atoms with E-state index in [0.29, 0.717) is 11.6 Å². The minimum absolute atomic E-state index is 0.432. The minimum Gasteiger partial charge on any atom is -0.489 e. The monoisotopic (exact) mass is 303 g/mol. The summed E-state index contributed by atoms with van der Waals surface area (Å²) in [5, 5.41) is 3.18. The van der Waals surface area contributed by atoms with Gasteiger partial charge in [0.15, 0.2) is 0 Å². The Hall–Kier alpha value is -2.53. The predicted octanol–water partition coefficient (Wildman–Crippen LogP) is 2.48. The van der Waals surface area contributed by atoms with Crippen molar-refractivity contribution in [2.45, 2.75) is 6.61 Å². The minimum atomic E-state index is -0.432. The molecule has 106 valence electrons. The Labute approximate surface area is 125 Å². The van der Waals surface area contributed by atoms with Gasteiger partial charge in [-0.05, 0) is 39.8 Å². The highest BCUT2D eigenvalue weighted by Crippen LogP contribution is 2.15. The summed E-state index contributed by atoms with van der Waals surface area (Å²) in [6, 6.07) is 14.8. The number of hydrogen-bond donors (Lipinski definition) is 1. The van der Waals surface area contributed by atoms with Gasteiger partial charge in [-0.25, -0.2) is 4.79 Å². The second-order valence-electron chi connectivity index (χ2n) is 4.42. The van der Waals surface area contributed by atoms with Gasteiger partial charge in [-0.15, -0.1) is 0 Å². The van der Waals surface area contributed by atoms with Gasteiger partial charge in [-0.1, -0.05) is 23.7 Å². The fraction of sp³-hybridized carbons (Fsp3) is 0.0667. The number of aromatic nitrogens is 2. The van der Waals surface area contributed by atoms with Crippen LogP contribution >= 0.6 is 11.6 Å². The number of ether oxygens (including phenoxy) is 1. The number of hydrogen-bond acceptors (Lipinski definition) is 3. The maximum Gasteiger partial charge on any atom is 0.427 e. The first-order valence-corrected chi connectivity index (χ1v) is 6.66. The largest absolute Gasteiger partial charge is 0.489 e. The lowest BCUT2D eigenvalue weighted by Gasteiger charge is -2.05. The first-order chi connectivity index (χ1) is 10.2. The van der Waals surface area contributed by atoms with Gasteiger partial charge in [-0.2, -0.15) is 0 Å². The molecule has 21 heavy (non-hydrogen) atoms. The summed E-state index contributed by atoms with van der Waals surface area (Å²) in [7, 11) is 0. The van der Waals surface area contributed by atoms with E-state index in [2.05, 4.69) is 9.79 Å². The third-order valence-electron chi connectivity index (χ3n) is 2.91. The fourth-order valence-electron chi connectivity index (χ4n) is 1.83. The number of H-pyrrole nitrogens is 1. The van der Waals surface area contributed by atoms with E-state index < -0.39 is 5.63 Å². The lowest BCUT2D eigenvalue weighted by molar-refractivity contribution is -0.670. The van der Waals surface area contributed by atoms with Gasteiger partial charge in [0, 0.05) is 17.2 Å². The van der Waals surface area contributed by atoms with Gasteiger partial charge in [0.2, 0.25) is 5.69 Å². The van der Waals surface area contributed by atoms with Gasteiger partial charge in [0.25, 0.3) is 6.20 Å². The average molecular weight is 304 g/mol. The smallest absolute Gasteiger partial charge is 0.427 e. The molecule has 0 saturated heterocycles. The molecule has 0 spiro atoms.